The normalized spacial score (nSPS) is 19.3. The fraction of sp³-hybridized carbons (Fsp3) is 0.240. The van der Waals surface area contributed by atoms with Crippen molar-refractivity contribution in [2.75, 3.05) is 7.11 Å². The molecule has 2 atom stereocenters. The van der Waals surface area contributed by atoms with Crippen molar-refractivity contribution < 1.29 is 34.3 Å². The van der Waals surface area contributed by atoms with Crippen LogP contribution in [0, 0.1) is 0 Å². The Hall–Kier alpha value is -3.87. The second kappa shape index (κ2) is 7.67. The minimum absolute atomic E-state index is 0.0263. The van der Waals surface area contributed by atoms with Gasteiger partial charge in [-0.05, 0) is 48.2 Å². The Labute approximate surface area is 184 Å². The molecule has 2 unspecified atom stereocenters. The molecule has 164 valence electrons. The standard InChI is InChI=1S/C25H22O7/c1-30-20-8-4-14(10-18(20)27)19-9-7-16-21(31-19)12-22-24(25(16)29)17(11-23(28)32-22)13-2-5-15(26)6-3-13/h2-6,8,10,12,17,19,26-27,29H,7,9,11H2,1H3. The van der Waals surface area contributed by atoms with Gasteiger partial charge in [-0.15, -0.1) is 0 Å². The van der Waals surface area contributed by atoms with E-state index in [1.165, 1.54) is 7.11 Å². The van der Waals surface area contributed by atoms with Gasteiger partial charge in [-0.3, -0.25) is 4.79 Å². The number of ether oxygens (including phenoxy) is 3. The molecule has 0 bridgehead atoms. The first-order valence-electron chi connectivity index (χ1n) is 10.4. The monoisotopic (exact) mass is 434 g/mol. The number of esters is 1. The highest BCUT2D eigenvalue weighted by molar-refractivity contribution is 5.80. The zero-order chi connectivity index (χ0) is 22.4. The molecule has 0 amide bonds. The van der Waals surface area contributed by atoms with Gasteiger partial charge in [-0.2, -0.15) is 0 Å². The molecule has 5 rings (SSSR count). The number of carbonyl (C=O) groups is 1. The van der Waals surface area contributed by atoms with E-state index in [4.69, 9.17) is 14.2 Å². The summed E-state index contributed by atoms with van der Waals surface area (Å²) in [6.45, 7) is 0. The van der Waals surface area contributed by atoms with E-state index < -0.39 is 5.97 Å². The zero-order valence-electron chi connectivity index (χ0n) is 17.4. The molecule has 0 spiro atoms. The van der Waals surface area contributed by atoms with E-state index in [0.717, 1.165) is 11.1 Å². The summed E-state index contributed by atoms with van der Waals surface area (Å²) < 4.78 is 16.7. The van der Waals surface area contributed by atoms with Crippen LogP contribution >= 0.6 is 0 Å². The average molecular weight is 434 g/mol. The summed E-state index contributed by atoms with van der Waals surface area (Å²) >= 11 is 0. The Morgan fingerprint density at radius 3 is 2.44 bits per heavy atom. The third-order valence-corrected chi connectivity index (χ3v) is 6.10. The van der Waals surface area contributed by atoms with Crippen molar-refractivity contribution in [1.29, 1.82) is 0 Å². The van der Waals surface area contributed by atoms with Crippen LogP contribution in [0.3, 0.4) is 0 Å². The fourth-order valence-corrected chi connectivity index (χ4v) is 4.50. The first-order valence-corrected chi connectivity index (χ1v) is 10.4. The van der Waals surface area contributed by atoms with Crippen LogP contribution in [0.4, 0.5) is 0 Å². The number of benzene rings is 3. The van der Waals surface area contributed by atoms with Crippen LogP contribution in [0.25, 0.3) is 0 Å². The molecular weight excluding hydrogens is 412 g/mol. The van der Waals surface area contributed by atoms with Gasteiger partial charge in [0.05, 0.1) is 13.5 Å². The first kappa shape index (κ1) is 20.1. The lowest BCUT2D eigenvalue weighted by atomic mass is 9.83. The summed E-state index contributed by atoms with van der Waals surface area (Å²) in [5.74, 6) is 0.545. The molecule has 3 N–H and O–H groups in total. The summed E-state index contributed by atoms with van der Waals surface area (Å²) in [4.78, 5) is 12.3. The number of carbonyl (C=O) groups excluding carboxylic acids is 1. The number of hydrogen-bond donors (Lipinski definition) is 3. The Morgan fingerprint density at radius 1 is 0.969 bits per heavy atom. The molecule has 3 aromatic carbocycles. The lowest BCUT2D eigenvalue weighted by molar-refractivity contribution is -0.135. The Bertz CT molecular complexity index is 1200. The first-order chi connectivity index (χ1) is 15.4. The van der Waals surface area contributed by atoms with Crippen LogP contribution in [0.15, 0.2) is 48.5 Å². The van der Waals surface area contributed by atoms with Gasteiger partial charge < -0.3 is 29.5 Å². The molecule has 0 aliphatic carbocycles. The van der Waals surface area contributed by atoms with Gasteiger partial charge >= 0.3 is 5.97 Å². The predicted molar refractivity (Wildman–Crippen MR) is 115 cm³/mol. The van der Waals surface area contributed by atoms with Crippen LogP contribution in [-0.2, 0) is 11.2 Å². The van der Waals surface area contributed by atoms with Crippen LogP contribution in [0.1, 0.15) is 47.1 Å². The smallest absolute Gasteiger partial charge is 0.312 e. The summed E-state index contributed by atoms with van der Waals surface area (Å²) in [6, 6.07) is 13.4. The van der Waals surface area contributed by atoms with E-state index >= 15 is 0 Å². The number of rotatable bonds is 3. The van der Waals surface area contributed by atoms with E-state index in [2.05, 4.69) is 0 Å². The van der Waals surface area contributed by atoms with E-state index in [1.807, 2.05) is 6.07 Å². The minimum atomic E-state index is -0.401. The molecule has 3 aromatic rings. The molecule has 7 heteroatoms. The topological polar surface area (TPSA) is 105 Å². The second-order valence-corrected chi connectivity index (χ2v) is 8.01. The Balaban J connectivity index is 1.52. The van der Waals surface area contributed by atoms with Crippen LogP contribution in [0.2, 0.25) is 0 Å². The largest absolute Gasteiger partial charge is 0.508 e. The van der Waals surface area contributed by atoms with Crippen molar-refractivity contribution in [3.63, 3.8) is 0 Å². The van der Waals surface area contributed by atoms with Crippen LogP contribution in [0.5, 0.6) is 34.5 Å². The molecule has 2 heterocycles. The Kier molecular flexibility index (Phi) is 4.81. The molecule has 2 aliphatic rings. The molecule has 0 saturated carbocycles. The van der Waals surface area contributed by atoms with E-state index in [9.17, 15) is 20.1 Å². The van der Waals surface area contributed by atoms with Gasteiger partial charge in [0.15, 0.2) is 11.5 Å². The summed E-state index contributed by atoms with van der Waals surface area (Å²) in [5.41, 5.74) is 2.81. The predicted octanol–water partition coefficient (Wildman–Crippen LogP) is 4.32. The molecule has 2 aliphatic heterocycles. The minimum Gasteiger partial charge on any atom is -0.508 e. The highest BCUT2D eigenvalue weighted by Gasteiger charge is 2.36. The summed E-state index contributed by atoms with van der Waals surface area (Å²) in [7, 11) is 1.49. The van der Waals surface area contributed by atoms with Gasteiger partial charge in [-0.25, -0.2) is 0 Å². The maximum atomic E-state index is 12.3. The van der Waals surface area contributed by atoms with Crippen molar-refractivity contribution in [3.8, 4) is 34.5 Å². The van der Waals surface area contributed by atoms with E-state index in [1.54, 1.807) is 42.5 Å². The molecule has 0 saturated heterocycles. The average Bonchev–Trinajstić information content (AvgIpc) is 2.78. The number of fused-ring (bicyclic) bond motifs is 2. The van der Waals surface area contributed by atoms with E-state index in [0.29, 0.717) is 35.5 Å². The summed E-state index contributed by atoms with van der Waals surface area (Å²) in [5, 5.41) is 30.9. The van der Waals surface area contributed by atoms with Crippen molar-refractivity contribution in [2.45, 2.75) is 31.3 Å². The SMILES string of the molecule is COc1ccc(C2CCc3c(cc4c(c3O)C(c3ccc(O)cc3)CC(=O)O4)O2)cc1O. The number of phenolic OH excluding ortho intramolecular Hbond substituents is 3. The third kappa shape index (κ3) is 3.36. The van der Waals surface area contributed by atoms with E-state index in [-0.39, 0.29) is 41.4 Å². The van der Waals surface area contributed by atoms with Gasteiger partial charge in [0.2, 0.25) is 0 Å². The number of phenols is 3. The molecule has 0 fully saturated rings. The molecular formula is C25H22O7. The number of methoxy groups -OCH3 is 1. The van der Waals surface area contributed by atoms with Crippen molar-refractivity contribution >= 4 is 5.97 Å². The molecule has 0 aromatic heterocycles. The number of aromatic hydroxyl groups is 3. The van der Waals surface area contributed by atoms with Gasteiger partial charge in [-0.1, -0.05) is 18.2 Å². The van der Waals surface area contributed by atoms with Crippen molar-refractivity contribution in [1.82, 2.24) is 0 Å². The zero-order valence-corrected chi connectivity index (χ0v) is 17.4. The van der Waals surface area contributed by atoms with Gasteiger partial charge in [0.1, 0.15) is 29.1 Å². The Morgan fingerprint density at radius 2 is 1.72 bits per heavy atom. The van der Waals surface area contributed by atoms with Crippen LogP contribution < -0.4 is 14.2 Å². The highest BCUT2D eigenvalue weighted by atomic mass is 16.5. The lowest BCUT2D eigenvalue weighted by Crippen LogP contribution is -2.23. The van der Waals surface area contributed by atoms with Gasteiger partial charge in [0, 0.05) is 23.1 Å². The quantitative estimate of drug-likeness (QED) is 0.416. The van der Waals surface area contributed by atoms with Crippen molar-refractivity contribution in [3.05, 3.63) is 70.8 Å². The maximum Gasteiger partial charge on any atom is 0.312 e. The lowest BCUT2D eigenvalue weighted by Gasteiger charge is -2.32. The second-order valence-electron chi connectivity index (χ2n) is 8.01. The van der Waals surface area contributed by atoms with Crippen LogP contribution in [-0.4, -0.2) is 28.4 Å². The maximum absolute atomic E-state index is 12.3. The molecule has 32 heavy (non-hydrogen) atoms. The molecule has 7 nitrogen and oxygen atoms in total. The fourth-order valence-electron chi connectivity index (χ4n) is 4.50. The highest BCUT2D eigenvalue weighted by Crippen LogP contribution is 2.51. The number of hydrogen-bond acceptors (Lipinski definition) is 7. The summed E-state index contributed by atoms with van der Waals surface area (Å²) in [6.07, 6.45) is 0.930. The molecule has 0 radical (unpaired) electrons. The van der Waals surface area contributed by atoms with Crippen molar-refractivity contribution in [2.24, 2.45) is 0 Å². The van der Waals surface area contributed by atoms with Gasteiger partial charge in [0.25, 0.3) is 0 Å². The third-order valence-electron chi connectivity index (χ3n) is 6.10.